The molecule has 1 aliphatic carbocycles. The summed E-state index contributed by atoms with van der Waals surface area (Å²) >= 11 is 6.70. The second kappa shape index (κ2) is 20.7. The van der Waals surface area contributed by atoms with Gasteiger partial charge >= 0.3 is 6.03 Å². The average molecular weight is 1020 g/mol. The van der Waals surface area contributed by atoms with Crippen molar-refractivity contribution in [1.82, 2.24) is 30.2 Å². The number of ether oxygens (including phenoxy) is 2. The first-order valence-electron chi connectivity index (χ1n) is 24.3. The lowest BCUT2D eigenvalue weighted by Crippen LogP contribution is -2.49. The van der Waals surface area contributed by atoms with E-state index in [9.17, 15) is 24.3 Å². The normalized spacial score (nSPS) is 21.7. The molecule has 0 spiro atoms. The van der Waals surface area contributed by atoms with Crippen molar-refractivity contribution < 1.29 is 51.3 Å². The summed E-state index contributed by atoms with van der Waals surface area (Å²) in [5.74, 6) is -5.88. The molecule has 4 aromatic carbocycles. The van der Waals surface area contributed by atoms with E-state index in [1.165, 1.54) is 40.9 Å². The molecular weight excluding hydrogens is 960 g/mol. The number of carbonyl (C=O) groups excluding carboxylic acids is 4. The van der Waals surface area contributed by atoms with E-state index in [4.69, 9.17) is 26.8 Å². The van der Waals surface area contributed by atoms with Gasteiger partial charge in [0.1, 0.15) is 29.5 Å². The van der Waals surface area contributed by atoms with Gasteiger partial charge in [-0.15, -0.1) is 0 Å². The Morgan fingerprint density at radius 3 is 2.38 bits per heavy atom. The van der Waals surface area contributed by atoms with Crippen molar-refractivity contribution >= 4 is 52.1 Å². The van der Waals surface area contributed by atoms with Crippen LogP contribution in [-0.2, 0) is 22.2 Å². The van der Waals surface area contributed by atoms with Gasteiger partial charge in [0.2, 0.25) is 17.7 Å². The van der Waals surface area contributed by atoms with Gasteiger partial charge in [-0.2, -0.15) is 5.10 Å². The predicted octanol–water partition coefficient (Wildman–Crippen LogP) is 7.24. The van der Waals surface area contributed by atoms with Crippen LogP contribution < -0.4 is 30.7 Å². The van der Waals surface area contributed by atoms with Crippen LogP contribution in [0.5, 0.6) is 11.5 Å². The molecule has 15 nitrogen and oxygen atoms in total. The van der Waals surface area contributed by atoms with Crippen LogP contribution in [0.4, 0.5) is 28.2 Å². The molecule has 72 heavy (non-hydrogen) atoms. The number of nitrogens with one attached hydrogen (secondary N) is 2. The molecule has 0 bridgehead atoms. The van der Waals surface area contributed by atoms with Crippen LogP contribution in [-0.4, -0.2) is 114 Å². The maximum Gasteiger partial charge on any atom is 0.329 e. The zero-order chi connectivity index (χ0) is 51.2. The second-order valence-electron chi connectivity index (χ2n) is 19.3. The molecule has 4 heterocycles. The molecule has 4 aliphatic rings. The topological polar surface area (TPSA) is 185 Å². The van der Waals surface area contributed by atoms with E-state index >= 15 is 17.6 Å². The van der Waals surface area contributed by atoms with Crippen molar-refractivity contribution in [2.24, 2.45) is 18.7 Å². The molecule has 20 heteroatoms. The number of rotatable bonds is 15. The van der Waals surface area contributed by atoms with Crippen LogP contribution in [0.3, 0.4) is 0 Å². The highest BCUT2D eigenvalue weighted by Crippen LogP contribution is 2.56. The highest BCUT2D eigenvalue weighted by molar-refractivity contribution is 6.34. The highest BCUT2D eigenvalue weighted by Gasteiger charge is 2.50. The Morgan fingerprint density at radius 1 is 0.972 bits per heavy atom. The van der Waals surface area contributed by atoms with Crippen molar-refractivity contribution in [3.05, 3.63) is 105 Å². The fourth-order valence-corrected chi connectivity index (χ4v) is 11.4. The Labute approximate surface area is 418 Å². The lowest BCUT2D eigenvalue weighted by molar-refractivity contribution is -0.135. The van der Waals surface area contributed by atoms with Gasteiger partial charge in [-0.3, -0.25) is 29.3 Å². The Bertz CT molecular complexity index is 2930. The number of aliphatic hydroxyl groups is 1. The minimum atomic E-state index is -1.15. The van der Waals surface area contributed by atoms with E-state index < -0.39 is 64.3 Å². The Morgan fingerprint density at radius 2 is 1.69 bits per heavy atom. The van der Waals surface area contributed by atoms with Crippen LogP contribution in [0.1, 0.15) is 90.8 Å². The molecule has 2 saturated heterocycles. The van der Waals surface area contributed by atoms with Gasteiger partial charge in [-0.25, -0.2) is 22.4 Å². The molecule has 5 amide bonds. The standard InChI is InChI=1S/C52H57ClF4N8O7/c1-28-40-38(26-36(55)44(53)43(40)42-33(48(58)68)13-14-37(45(42)56)71-24-23-66)72-52(28,31-7-5-4-6-8-31)27-59-32-11-9-30(10-12-32)50(69)62(2)21-22-64-18-15-29(16-19-64)41-35(54)25-34-47(46(41)57)63(3)61-49(34)65-20-17-39(67)60-51(65)70/h4-8,13-14,25-26,28-30,32,59,66H,9-12,15-24,27H2,1-3H3,(H2,58,68)(H,60,67,70)/t28-,30?,32?,52-/m0/s1. The lowest BCUT2D eigenvalue weighted by Gasteiger charge is -2.37. The molecule has 5 N–H and O–H groups in total. The van der Waals surface area contributed by atoms with Gasteiger partial charge in [-0.1, -0.05) is 48.9 Å². The van der Waals surface area contributed by atoms with Crippen molar-refractivity contribution in [2.75, 3.05) is 64.4 Å². The molecule has 1 aromatic heterocycles. The number of aliphatic hydroxyl groups excluding tert-OH is 1. The Kier molecular flexibility index (Phi) is 14.5. The number of benzene rings is 4. The molecule has 3 fully saturated rings. The SMILES string of the molecule is C[C@H]1c2c(cc(F)c(Cl)c2-c2c(C(N)=O)ccc(OCCO)c2F)O[C@]1(CNC1CCC(C(=O)N(C)CCN2CCC(c3c(F)cc4c(N5CCC(=O)NC5=O)nn(C)c4c3F)CC2)CC1)c1ccccc1. The number of carbonyl (C=O) groups is 4. The summed E-state index contributed by atoms with van der Waals surface area (Å²) in [4.78, 5) is 56.0. The monoisotopic (exact) mass is 1020 g/mol. The quantitative estimate of drug-likeness (QED) is 0.0780. The number of likely N-dealkylation sites (tertiary alicyclic amines) is 1. The van der Waals surface area contributed by atoms with Gasteiger partial charge in [0.25, 0.3) is 0 Å². The van der Waals surface area contributed by atoms with Gasteiger partial charge < -0.3 is 35.4 Å². The third-order valence-electron chi connectivity index (χ3n) is 15.1. The summed E-state index contributed by atoms with van der Waals surface area (Å²) in [5.41, 5.74) is 5.15. The maximum absolute atomic E-state index is 16.5. The van der Waals surface area contributed by atoms with Crippen LogP contribution in [0.25, 0.3) is 22.0 Å². The van der Waals surface area contributed by atoms with E-state index in [0.29, 0.717) is 70.3 Å². The number of aromatic nitrogens is 2. The minimum absolute atomic E-state index is 0.00162. The Hall–Kier alpha value is -6.28. The Balaban J connectivity index is 0.820. The smallest absolute Gasteiger partial charge is 0.329 e. The average Bonchev–Trinajstić information content (AvgIpc) is 3.85. The zero-order valence-corrected chi connectivity index (χ0v) is 41.0. The number of nitrogens with two attached hydrogens (primary N) is 1. The van der Waals surface area contributed by atoms with Crippen molar-refractivity contribution in [3.8, 4) is 22.6 Å². The number of urea groups is 1. The maximum atomic E-state index is 16.5. The number of likely N-dealkylation sites (N-methyl/N-ethyl adjacent to an activating group) is 1. The largest absolute Gasteiger partial charge is 0.488 e. The number of imide groups is 1. The van der Waals surface area contributed by atoms with Gasteiger partial charge in [0.05, 0.1) is 22.6 Å². The predicted molar refractivity (Wildman–Crippen MR) is 261 cm³/mol. The molecule has 3 aliphatic heterocycles. The lowest BCUT2D eigenvalue weighted by atomic mass is 9.77. The van der Waals surface area contributed by atoms with E-state index in [0.717, 1.165) is 5.56 Å². The summed E-state index contributed by atoms with van der Waals surface area (Å²) in [6.07, 6.45) is 3.72. The fraction of sp³-hybridized carbons (Fsp3) is 0.442. The number of hydrogen-bond acceptors (Lipinski definition) is 10. The van der Waals surface area contributed by atoms with Crippen molar-refractivity contribution in [1.29, 1.82) is 0 Å². The van der Waals surface area contributed by atoms with Crippen LogP contribution in [0, 0.1) is 29.2 Å². The number of halogens is 5. The first-order chi connectivity index (χ1) is 34.5. The van der Waals surface area contributed by atoms with Crippen molar-refractivity contribution in [3.63, 3.8) is 0 Å². The van der Waals surface area contributed by atoms with Crippen LogP contribution >= 0.6 is 11.6 Å². The van der Waals surface area contributed by atoms with Crippen LogP contribution in [0.15, 0.2) is 54.6 Å². The van der Waals surface area contributed by atoms with E-state index in [1.54, 1.807) is 11.9 Å². The van der Waals surface area contributed by atoms with E-state index in [2.05, 4.69) is 20.6 Å². The molecule has 1 saturated carbocycles. The molecule has 2 atom stereocenters. The van der Waals surface area contributed by atoms with Gasteiger partial charge in [-0.05, 0) is 81.3 Å². The third-order valence-corrected chi connectivity index (χ3v) is 15.4. The summed E-state index contributed by atoms with van der Waals surface area (Å²) in [6.45, 7) is 3.78. The number of fused-ring (bicyclic) bond motifs is 2. The number of anilines is 1. The molecule has 5 aromatic rings. The first-order valence-corrected chi connectivity index (χ1v) is 24.7. The number of hydrogen-bond donors (Lipinski definition) is 4. The number of aryl methyl sites for hydroxylation is 1. The zero-order valence-electron chi connectivity index (χ0n) is 40.2. The third kappa shape index (κ3) is 9.35. The number of primary amides is 1. The van der Waals surface area contributed by atoms with Gasteiger partial charge in [0.15, 0.2) is 28.8 Å². The summed E-state index contributed by atoms with van der Waals surface area (Å²) < 4.78 is 77.8. The molecule has 382 valence electrons. The van der Waals surface area contributed by atoms with Crippen LogP contribution in [0.2, 0.25) is 5.02 Å². The molecular formula is C52H57ClF4N8O7. The summed E-state index contributed by atoms with van der Waals surface area (Å²) in [5, 5.41) is 19.3. The number of piperidine rings is 1. The van der Waals surface area contributed by atoms with E-state index in [-0.39, 0.29) is 100 Å². The summed E-state index contributed by atoms with van der Waals surface area (Å²) in [7, 11) is 3.34. The van der Waals surface area contributed by atoms with E-state index in [1.807, 2.05) is 37.3 Å². The summed E-state index contributed by atoms with van der Waals surface area (Å²) in [6, 6.07) is 13.6. The minimum Gasteiger partial charge on any atom is -0.488 e. The number of amides is 5. The van der Waals surface area contributed by atoms with Gasteiger partial charge in [0, 0.05) is 92.9 Å². The fourth-order valence-electron chi connectivity index (χ4n) is 11.2. The molecule has 9 rings (SSSR count). The molecule has 0 unspecified atom stereocenters. The molecule has 0 radical (unpaired) electrons. The van der Waals surface area contributed by atoms with Crippen molar-refractivity contribution in [2.45, 2.75) is 75.3 Å². The highest BCUT2D eigenvalue weighted by atomic mass is 35.5. The second-order valence-corrected chi connectivity index (χ2v) is 19.6. The number of nitrogens with zero attached hydrogens (tertiary/aromatic N) is 5. The first kappa shape index (κ1) is 50.7.